The Bertz CT molecular complexity index is 281. The van der Waals surface area contributed by atoms with E-state index in [2.05, 4.69) is 19.2 Å². The van der Waals surface area contributed by atoms with Crippen molar-refractivity contribution in [3.63, 3.8) is 0 Å². The second-order valence-corrected chi connectivity index (χ2v) is 4.92. The molecule has 2 nitrogen and oxygen atoms in total. The van der Waals surface area contributed by atoms with Crippen LogP contribution in [0.2, 0.25) is 0 Å². The number of hydrogen-bond acceptors (Lipinski definition) is 2. The highest BCUT2D eigenvalue weighted by molar-refractivity contribution is 4.98. The molecular formula is C13H21NO. The average molecular weight is 207 g/mol. The van der Waals surface area contributed by atoms with Crippen LogP contribution in [0.5, 0.6) is 0 Å². The molecule has 3 atom stereocenters. The number of furan rings is 1. The van der Waals surface area contributed by atoms with Crippen LogP contribution in [-0.2, 0) is 6.54 Å². The summed E-state index contributed by atoms with van der Waals surface area (Å²) in [4.78, 5) is 0. The van der Waals surface area contributed by atoms with Gasteiger partial charge in [-0.15, -0.1) is 0 Å². The van der Waals surface area contributed by atoms with Crippen LogP contribution in [0.3, 0.4) is 0 Å². The molecule has 1 aromatic rings. The van der Waals surface area contributed by atoms with Crippen LogP contribution < -0.4 is 5.32 Å². The highest BCUT2D eigenvalue weighted by Gasteiger charge is 2.23. The van der Waals surface area contributed by atoms with Crippen LogP contribution in [0.1, 0.15) is 38.9 Å². The van der Waals surface area contributed by atoms with Crippen molar-refractivity contribution in [1.29, 1.82) is 0 Å². The van der Waals surface area contributed by atoms with Gasteiger partial charge in [0.15, 0.2) is 0 Å². The van der Waals surface area contributed by atoms with Gasteiger partial charge in [-0.1, -0.05) is 13.8 Å². The monoisotopic (exact) mass is 207 g/mol. The number of rotatable bonds is 3. The summed E-state index contributed by atoms with van der Waals surface area (Å²) in [7, 11) is 0. The molecule has 1 fully saturated rings. The summed E-state index contributed by atoms with van der Waals surface area (Å²) < 4.78 is 5.31. The molecule has 84 valence electrons. The first-order valence-electron chi connectivity index (χ1n) is 6.01. The normalized spacial score (nSPS) is 31.7. The molecule has 2 heteroatoms. The first kappa shape index (κ1) is 10.7. The molecule has 0 amide bonds. The summed E-state index contributed by atoms with van der Waals surface area (Å²) in [5, 5.41) is 3.58. The zero-order valence-corrected chi connectivity index (χ0v) is 9.70. The number of nitrogens with one attached hydrogen (secondary N) is 1. The van der Waals surface area contributed by atoms with Crippen LogP contribution in [0, 0.1) is 11.8 Å². The summed E-state index contributed by atoms with van der Waals surface area (Å²) >= 11 is 0. The lowest BCUT2D eigenvalue weighted by Crippen LogP contribution is -2.35. The zero-order chi connectivity index (χ0) is 10.7. The van der Waals surface area contributed by atoms with Gasteiger partial charge in [-0.3, -0.25) is 0 Å². The second-order valence-electron chi connectivity index (χ2n) is 4.92. The lowest BCUT2D eigenvalue weighted by atomic mass is 9.79. The van der Waals surface area contributed by atoms with Crippen molar-refractivity contribution in [2.75, 3.05) is 0 Å². The van der Waals surface area contributed by atoms with Gasteiger partial charge in [-0.25, -0.2) is 0 Å². The van der Waals surface area contributed by atoms with E-state index in [4.69, 9.17) is 4.42 Å². The number of hydrogen-bond donors (Lipinski definition) is 1. The molecule has 1 saturated carbocycles. The first-order chi connectivity index (χ1) is 7.25. The van der Waals surface area contributed by atoms with Gasteiger partial charge in [-0.2, -0.15) is 0 Å². The van der Waals surface area contributed by atoms with Crippen LogP contribution in [0.15, 0.2) is 22.8 Å². The Morgan fingerprint density at radius 2 is 2.20 bits per heavy atom. The predicted octanol–water partition coefficient (Wildman–Crippen LogP) is 3.19. The van der Waals surface area contributed by atoms with Crippen molar-refractivity contribution >= 4 is 0 Å². The van der Waals surface area contributed by atoms with Crippen LogP contribution >= 0.6 is 0 Å². The van der Waals surface area contributed by atoms with E-state index >= 15 is 0 Å². The first-order valence-corrected chi connectivity index (χ1v) is 6.01. The fourth-order valence-electron chi connectivity index (χ4n) is 2.39. The van der Waals surface area contributed by atoms with Crippen LogP contribution in [0.25, 0.3) is 0 Å². The molecule has 1 heterocycles. The Kier molecular flexibility index (Phi) is 3.47. The molecule has 0 radical (unpaired) electrons. The molecule has 0 saturated heterocycles. The average Bonchev–Trinajstić information content (AvgIpc) is 2.73. The molecular weight excluding hydrogens is 186 g/mol. The van der Waals surface area contributed by atoms with Crippen molar-refractivity contribution in [3.8, 4) is 0 Å². The minimum atomic E-state index is 0.682. The molecule has 0 spiro atoms. The third kappa shape index (κ3) is 2.85. The fourth-order valence-corrected chi connectivity index (χ4v) is 2.39. The van der Waals surface area contributed by atoms with Gasteiger partial charge in [0.2, 0.25) is 0 Å². The maximum absolute atomic E-state index is 5.31. The van der Waals surface area contributed by atoms with Crippen molar-refractivity contribution in [1.82, 2.24) is 5.32 Å². The summed E-state index contributed by atoms with van der Waals surface area (Å²) in [6, 6.07) is 4.66. The van der Waals surface area contributed by atoms with Crippen molar-refractivity contribution in [2.24, 2.45) is 11.8 Å². The SMILES string of the molecule is C[C@@H]1CC[C@H](NCc2ccco2)C[C@@H]1C. The molecule has 1 N–H and O–H groups in total. The third-order valence-corrected chi connectivity index (χ3v) is 3.74. The molecule has 1 aliphatic carbocycles. The Morgan fingerprint density at radius 3 is 2.87 bits per heavy atom. The second kappa shape index (κ2) is 4.84. The summed E-state index contributed by atoms with van der Waals surface area (Å²) in [5.41, 5.74) is 0. The summed E-state index contributed by atoms with van der Waals surface area (Å²) in [5.74, 6) is 2.79. The van der Waals surface area contributed by atoms with Crippen molar-refractivity contribution in [3.05, 3.63) is 24.2 Å². The third-order valence-electron chi connectivity index (χ3n) is 3.74. The Balaban J connectivity index is 1.76. The zero-order valence-electron chi connectivity index (χ0n) is 9.70. The van der Waals surface area contributed by atoms with Gasteiger partial charge >= 0.3 is 0 Å². The van der Waals surface area contributed by atoms with Gasteiger partial charge in [0.05, 0.1) is 12.8 Å². The molecule has 1 aliphatic rings. The van der Waals surface area contributed by atoms with E-state index in [-0.39, 0.29) is 0 Å². The largest absolute Gasteiger partial charge is 0.468 e. The highest BCUT2D eigenvalue weighted by Crippen LogP contribution is 2.29. The van der Waals surface area contributed by atoms with Gasteiger partial charge in [0.25, 0.3) is 0 Å². The quantitative estimate of drug-likeness (QED) is 0.823. The molecule has 1 aromatic heterocycles. The Labute approximate surface area is 92.1 Å². The van der Waals surface area contributed by atoms with E-state index in [0.29, 0.717) is 6.04 Å². The standard InChI is InChI=1S/C13H21NO/c1-10-5-6-12(8-11(10)2)14-9-13-4-3-7-15-13/h3-4,7,10-12,14H,5-6,8-9H2,1-2H3/t10-,11+,12+/m1/s1. The van der Waals surface area contributed by atoms with E-state index in [9.17, 15) is 0 Å². The molecule has 0 aromatic carbocycles. The van der Waals surface area contributed by atoms with Crippen molar-refractivity contribution in [2.45, 2.75) is 45.7 Å². The molecule has 0 aliphatic heterocycles. The molecule has 2 rings (SSSR count). The summed E-state index contributed by atoms with van der Waals surface area (Å²) in [6.07, 6.45) is 5.72. The minimum absolute atomic E-state index is 0.682. The van der Waals surface area contributed by atoms with Crippen LogP contribution in [0.4, 0.5) is 0 Å². The van der Waals surface area contributed by atoms with Crippen molar-refractivity contribution < 1.29 is 4.42 Å². The summed E-state index contributed by atoms with van der Waals surface area (Å²) in [6.45, 7) is 5.61. The highest BCUT2D eigenvalue weighted by atomic mass is 16.3. The van der Waals surface area contributed by atoms with E-state index < -0.39 is 0 Å². The van der Waals surface area contributed by atoms with Gasteiger partial charge in [0, 0.05) is 6.04 Å². The van der Waals surface area contributed by atoms with Gasteiger partial charge in [0.1, 0.15) is 5.76 Å². The van der Waals surface area contributed by atoms with Crippen LogP contribution in [-0.4, -0.2) is 6.04 Å². The van der Waals surface area contributed by atoms with E-state index in [1.54, 1.807) is 6.26 Å². The van der Waals surface area contributed by atoms with Gasteiger partial charge < -0.3 is 9.73 Å². The molecule has 0 unspecified atom stereocenters. The maximum Gasteiger partial charge on any atom is 0.117 e. The topological polar surface area (TPSA) is 25.2 Å². The molecule has 15 heavy (non-hydrogen) atoms. The Morgan fingerprint density at radius 1 is 1.33 bits per heavy atom. The van der Waals surface area contributed by atoms with Gasteiger partial charge in [-0.05, 0) is 43.2 Å². The smallest absolute Gasteiger partial charge is 0.117 e. The van der Waals surface area contributed by atoms with E-state index in [1.165, 1.54) is 19.3 Å². The lowest BCUT2D eigenvalue weighted by molar-refractivity contribution is 0.223. The molecule has 0 bridgehead atoms. The lowest BCUT2D eigenvalue weighted by Gasteiger charge is -2.32. The minimum Gasteiger partial charge on any atom is -0.468 e. The fraction of sp³-hybridized carbons (Fsp3) is 0.692. The Hall–Kier alpha value is -0.760. The van der Waals surface area contributed by atoms with E-state index in [0.717, 1.165) is 24.1 Å². The van der Waals surface area contributed by atoms with E-state index in [1.807, 2.05) is 12.1 Å². The maximum atomic E-state index is 5.31. The predicted molar refractivity (Wildman–Crippen MR) is 61.5 cm³/mol.